The smallest absolute Gasteiger partial charge is 0.326 e. The van der Waals surface area contributed by atoms with Crippen molar-refractivity contribution in [2.24, 2.45) is 0 Å². The van der Waals surface area contributed by atoms with Crippen LogP contribution in [0, 0.1) is 11.3 Å². The highest BCUT2D eigenvalue weighted by atomic mass is 32.2. The summed E-state index contributed by atoms with van der Waals surface area (Å²) in [5, 5.41) is 26.8. The largest absolute Gasteiger partial charge is 0.480 e. The molecule has 0 aromatic heterocycles. The van der Waals surface area contributed by atoms with Gasteiger partial charge in [0.2, 0.25) is 0 Å². The lowest BCUT2D eigenvalue weighted by Crippen LogP contribution is -2.45. The molecule has 4 N–H and O–H groups in total. The number of carboxylic acid groups (broad SMARTS) is 1. The number of amides is 1. The SMILES string of the molecule is CSCCC(NC(=O)/C(C#N)=C\NCCN1CCNCC1)C(=O)O. The van der Waals surface area contributed by atoms with Crippen LogP contribution >= 0.6 is 11.8 Å². The molecule has 0 aliphatic carbocycles. The quantitative estimate of drug-likeness (QED) is 0.229. The number of thioether (sulfide) groups is 1. The molecule has 0 saturated carbocycles. The molecule has 1 unspecified atom stereocenters. The third-order valence-corrected chi connectivity index (χ3v) is 4.25. The lowest BCUT2D eigenvalue weighted by Gasteiger charge is -2.26. The zero-order valence-corrected chi connectivity index (χ0v) is 14.7. The highest BCUT2D eigenvalue weighted by Gasteiger charge is 2.21. The van der Waals surface area contributed by atoms with E-state index in [0.29, 0.717) is 18.7 Å². The predicted octanol–water partition coefficient (Wildman–Crippen LogP) is -0.789. The molecular formula is C15H25N5O3S. The molecule has 0 spiro atoms. The van der Waals surface area contributed by atoms with Gasteiger partial charge in [0.05, 0.1) is 0 Å². The summed E-state index contributed by atoms with van der Waals surface area (Å²) in [6.07, 6.45) is 3.53. The minimum absolute atomic E-state index is 0.120. The average molecular weight is 355 g/mol. The monoisotopic (exact) mass is 355 g/mol. The second kappa shape index (κ2) is 11.7. The number of piperazine rings is 1. The van der Waals surface area contributed by atoms with Gasteiger partial charge in [0.1, 0.15) is 17.7 Å². The molecule has 24 heavy (non-hydrogen) atoms. The number of aliphatic carboxylic acids is 1. The van der Waals surface area contributed by atoms with E-state index in [9.17, 15) is 9.59 Å². The molecule has 0 aromatic carbocycles. The van der Waals surface area contributed by atoms with Crippen LogP contribution in [-0.2, 0) is 9.59 Å². The van der Waals surface area contributed by atoms with Crippen molar-refractivity contribution < 1.29 is 14.7 Å². The van der Waals surface area contributed by atoms with Crippen LogP contribution in [0.5, 0.6) is 0 Å². The topological polar surface area (TPSA) is 117 Å². The van der Waals surface area contributed by atoms with Gasteiger partial charge in [-0.2, -0.15) is 17.0 Å². The summed E-state index contributed by atoms with van der Waals surface area (Å²) < 4.78 is 0. The van der Waals surface area contributed by atoms with Crippen LogP contribution < -0.4 is 16.0 Å². The van der Waals surface area contributed by atoms with Crippen LogP contribution in [0.25, 0.3) is 0 Å². The van der Waals surface area contributed by atoms with E-state index in [1.54, 1.807) is 6.07 Å². The van der Waals surface area contributed by atoms with Crippen molar-refractivity contribution in [3.63, 3.8) is 0 Å². The summed E-state index contributed by atoms with van der Waals surface area (Å²) in [6, 6.07) is 0.822. The molecule has 1 fully saturated rings. The second-order valence-corrected chi connectivity index (χ2v) is 6.35. The van der Waals surface area contributed by atoms with Crippen LogP contribution in [-0.4, -0.2) is 79.2 Å². The lowest BCUT2D eigenvalue weighted by atomic mass is 10.2. The van der Waals surface area contributed by atoms with Crippen molar-refractivity contribution >= 4 is 23.6 Å². The Bertz CT molecular complexity index is 486. The van der Waals surface area contributed by atoms with Crippen LogP contribution in [0.2, 0.25) is 0 Å². The van der Waals surface area contributed by atoms with Gasteiger partial charge in [-0.15, -0.1) is 0 Å². The molecule has 1 atom stereocenters. The van der Waals surface area contributed by atoms with Crippen LogP contribution in [0.4, 0.5) is 0 Å². The molecule has 1 aliphatic rings. The van der Waals surface area contributed by atoms with Crippen molar-refractivity contribution in [1.29, 1.82) is 5.26 Å². The first-order valence-corrected chi connectivity index (χ1v) is 9.27. The Morgan fingerprint density at radius 1 is 1.46 bits per heavy atom. The van der Waals surface area contributed by atoms with Crippen LogP contribution in [0.15, 0.2) is 11.8 Å². The van der Waals surface area contributed by atoms with Crippen LogP contribution in [0.1, 0.15) is 6.42 Å². The van der Waals surface area contributed by atoms with E-state index in [1.165, 1.54) is 18.0 Å². The summed E-state index contributed by atoms with van der Waals surface area (Å²) in [5.74, 6) is -1.15. The Labute approximate surface area is 146 Å². The van der Waals surface area contributed by atoms with Crippen molar-refractivity contribution in [3.05, 3.63) is 11.8 Å². The van der Waals surface area contributed by atoms with E-state index in [-0.39, 0.29) is 5.57 Å². The Morgan fingerprint density at radius 2 is 2.17 bits per heavy atom. The van der Waals surface area contributed by atoms with Gasteiger partial charge >= 0.3 is 5.97 Å². The van der Waals surface area contributed by atoms with Crippen molar-refractivity contribution in [2.45, 2.75) is 12.5 Å². The molecule has 1 amide bonds. The van der Waals surface area contributed by atoms with E-state index in [4.69, 9.17) is 10.4 Å². The zero-order chi connectivity index (χ0) is 17.8. The van der Waals surface area contributed by atoms with Crippen molar-refractivity contribution in [3.8, 4) is 6.07 Å². The first-order chi connectivity index (χ1) is 11.6. The van der Waals surface area contributed by atoms with Gasteiger partial charge in [-0.1, -0.05) is 0 Å². The van der Waals surface area contributed by atoms with Gasteiger partial charge < -0.3 is 21.1 Å². The van der Waals surface area contributed by atoms with E-state index in [0.717, 1.165) is 32.7 Å². The summed E-state index contributed by atoms with van der Waals surface area (Å²) >= 11 is 1.50. The third kappa shape index (κ3) is 7.68. The molecule has 0 bridgehead atoms. The van der Waals surface area contributed by atoms with E-state index in [1.807, 2.05) is 6.26 Å². The fourth-order valence-corrected chi connectivity index (χ4v) is 2.68. The number of hydrogen-bond donors (Lipinski definition) is 4. The minimum Gasteiger partial charge on any atom is -0.480 e. The predicted molar refractivity (Wildman–Crippen MR) is 93.6 cm³/mol. The normalized spacial score (nSPS) is 16.9. The maximum absolute atomic E-state index is 12.0. The second-order valence-electron chi connectivity index (χ2n) is 5.36. The van der Waals surface area contributed by atoms with E-state index >= 15 is 0 Å². The zero-order valence-electron chi connectivity index (χ0n) is 13.9. The Hall–Kier alpha value is -1.76. The van der Waals surface area contributed by atoms with E-state index in [2.05, 4.69) is 20.9 Å². The standard InChI is InChI=1S/C15H25N5O3S/c1-24-9-2-13(15(22)23)19-14(21)12(10-16)11-18-5-8-20-6-3-17-4-7-20/h11,13,17-18H,2-9H2,1H3,(H,19,21)(H,22,23)/b12-11-. The third-order valence-electron chi connectivity index (χ3n) is 3.61. The maximum Gasteiger partial charge on any atom is 0.326 e. The molecule has 134 valence electrons. The molecule has 0 radical (unpaired) electrons. The van der Waals surface area contributed by atoms with Gasteiger partial charge in [-0.3, -0.25) is 9.69 Å². The molecule has 8 nitrogen and oxygen atoms in total. The summed E-state index contributed by atoms with van der Waals surface area (Å²) in [4.78, 5) is 25.4. The molecule has 1 rings (SSSR count). The van der Waals surface area contributed by atoms with Gasteiger partial charge in [0.15, 0.2) is 0 Å². The highest BCUT2D eigenvalue weighted by molar-refractivity contribution is 7.98. The average Bonchev–Trinajstić information content (AvgIpc) is 2.59. The minimum atomic E-state index is -1.10. The molecule has 9 heteroatoms. The number of rotatable bonds is 10. The molecule has 1 saturated heterocycles. The number of carboxylic acids is 1. The van der Waals surface area contributed by atoms with E-state index < -0.39 is 17.9 Å². The first-order valence-electron chi connectivity index (χ1n) is 7.87. The Morgan fingerprint density at radius 3 is 2.75 bits per heavy atom. The van der Waals surface area contributed by atoms with Crippen molar-refractivity contribution in [2.75, 3.05) is 51.3 Å². The Kier molecular flexibility index (Phi) is 9.91. The number of hydrogen-bond acceptors (Lipinski definition) is 7. The molecular weight excluding hydrogens is 330 g/mol. The number of nitrogens with one attached hydrogen (secondary N) is 3. The van der Waals surface area contributed by atoms with Gasteiger partial charge in [-0.05, 0) is 18.4 Å². The van der Waals surface area contributed by atoms with Gasteiger partial charge in [0, 0.05) is 45.5 Å². The van der Waals surface area contributed by atoms with Gasteiger partial charge in [0.25, 0.3) is 5.91 Å². The summed E-state index contributed by atoms with van der Waals surface area (Å²) in [6.45, 7) is 5.33. The maximum atomic E-state index is 12.0. The highest BCUT2D eigenvalue weighted by Crippen LogP contribution is 2.02. The summed E-state index contributed by atoms with van der Waals surface area (Å²) in [5.41, 5.74) is -0.120. The number of nitrogens with zero attached hydrogens (tertiary/aromatic N) is 2. The number of carbonyl (C=O) groups is 2. The number of nitriles is 1. The molecule has 0 aromatic rings. The lowest BCUT2D eigenvalue weighted by molar-refractivity contribution is -0.141. The first kappa shape index (κ1) is 20.3. The fraction of sp³-hybridized carbons (Fsp3) is 0.667. The Balaban J connectivity index is 2.43. The van der Waals surface area contributed by atoms with Crippen LogP contribution in [0.3, 0.4) is 0 Å². The molecule has 1 heterocycles. The summed E-state index contributed by atoms with van der Waals surface area (Å²) in [7, 11) is 0. The van der Waals surface area contributed by atoms with Gasteiger partial charge in [-0.25, -0.2) is 4.79 Å². The number of carbonyl (C=O) groups excluding carboxylic acids is 1. The fourth-order valence-electron chi connectivity index (χ4n) is 2.21. The van der Waals surface area contributed by atoms with Crippen molar-refractivity contribution in [1.82, 2.24) is 20.9 Å². The molecule has 1 aliphatic heterocycles.